The molecule has 9 nitrogen and oxygen atoms in total. The molecule has 0 aliphatic rings. The molecule has 106 valence electrons. The Morgan fingerprint density at radius 2 is 2.14 bits per heavy atom. The number of nitrogens with one attached hydrogen (secondary N) is 2. The van der Waals surface area contributed by atoms with Gasteiger partial charge in [0.15, 0.2) is 0 Å². The van der Waals surface area contributed by atoms with Gasteiger partial charge in [-0.3, -0.25) is 19.3 Å². The van der Waals surface area contributed by atoms with Crippen molar-refractivity contribution in [2.24, 2.45) is 0 Å². The number of hydrogen-bond acceptors (Lipinski definition) is 6. The van der Waals surface area contributed by atoms with E-state index in [1.807, 2.05) is 0 Å². The van der Waals surface area contributed by atoms with E-state index in [4.69, 9.17) is 4.74 Å². The lowest BCUT2D eigenvalue weighted by Crippen LogP contribution is -2.26. The van der Waals surface area contributed by atoms with Crippen molar-refractivity contribution < 1.29 is 9.53 Å². The predicted molar refractivity (Wildman–Crippen MR) is 72.3 cm³/mol. The highest BCUT2D eigenvalue weighted by Gasteiger charge is 2.14. The van der Waals surface area contributed by atoms with Crippen LogP contribution in [0.15, 0.2) is 35.3 Å². The molecule has 0 atom stereocenters. The fourth-order valence-corrected chi connectivity index (χ4v) is 1.85. The third-order valence-electron chi connectivity index (χ3n) is 2.88. The maximum atomic E-state index is 12.4. The molecule has 0 spiro atoms. The average Bonchev–Trinajstić information content (AvgIpc) is 3.00. The van der Waals surface area contributed by atoms with Crippen molar-refractivity contribution >= 4 is 17.4 Å². The summed E-state index contributed by atoms with van der Waals surface area (Å²) in [5.74, 6) is -0.0208. The van der Waals surface area contributed by atoms with Crippen LogP contribution in [0, 0.1) is 0 Å². The zero-order chi connectivity index (χ0) is 14.8. The van der Waals surface area contributed by atoms with Crippen LogP contribution in [0.1, 0.15) is 10.4 Å². The van der Waals surface area contributed by atoms with Gasteiger partial charge in [0.1, 0.15) is 11.3 Å². The van der Waals surface area contributed by atoms with Crippen molar-refractivity contribution in [1.29, 1.82) is 0 Å². The van der Waals surface area contributed by atoms with Crippen molar-refractivity contribution in [3.8, 4) is 5.75 Å². The number of aromatic amines is 1. The lowest BCUT2D eigenvalue weighted by molar-refractivity contribution is 0.102. The van der Waals surface area contributed by atoms with Gasteiger partial charge in [-0.05, 0) is 34.7 Å². The number of H-pyrrole nitrogens is 1. The van der Waals surface area contributed by atoms with Crippen molar-refractivity contribution in [1.82, 2.24) is 25.0 Å². The molecule has 0 aliphatic heterocycles. The predicted octanol–water partition coefficient (Wildman–Crippen LogP) is 0.0735. The lowest BCUT2D eigenvalue weighted by atomic mass is 10.2. The second-order valence-corrected chi connectivity index (χ2v) is 4.12. The molecule has 9 heteroatoms. The van der Waals surface area contributed by atoms with E-state index in [1.54, 1.807) is 18.2 Å². The Bertz CT molecular complexity index is 855. The molecular weight excluding hydrogens is 276 g/mol. The first-order valence-electron chi connectivity index (χ1n) is 5.93. The molecular formula is C12H10N6O3. The van der Waals surface area contributed by atoms with Crippen molar-refractivity contribution in [2.75, 3.05) is 12.4 Å². The summed E-state index contributed by atoms with van der Waals surface area (Å²) in [6.07, 6.45) is 1.52. The summed E-state index contributed by atoms with van der Waals surface area (Å²) in [5.41, 5.74) is 0.159. The van der Waals surface area contributed by atoms with Gasteiger partial charge in [-0.1, -0.05) is 5.10 Å². The maximum absolute atomic E-state index is 12.4. The molecule has 0 aliphatic carbocycles. The highest BCUT2D eigenvalue weighted by Crippen LogP contribution is 2.11. The van der Waals surface area contributed by atoms with E-state index in [9.17, 15) is 9.59 Å². The minimum Gasteiger partial charge on any atom is -0.495 e. The molecule has 3 aromatic heterocycles. The number of nitrogens with zero attached hydrogens (tertiary/aromatic N) is 4. The molecule has 1 amide bonds. The molecule has 2 N–H and O–H groups in total. The number of fused-ring (bicyclic) bond motifs is 1. The molecule has 3 aromatic rings. The van der Waals surface area contributed by atoms with E-state index in [2.05, 4.69) is 25.9 Å². The Morgan fingerprint density at radius 3 is 2.86 bits per heavy atom. The second kappa shape index (κ2) is 5.04. The van der Waals surface area contributed by atoms with Crippen LogP contribution in [0.3, 0.4) is 0 Å². The SMILES string of the molecule is COc1ccc2ccc(C(=O)Nc3nnn[nH]3)c(=O)n2c1. The summed E-state index contributed by atoms with van der Waals surface area (Å²) in [7, 11) is 1.50. The van der Waals surface area contributed by atoms with E-state index in [1.165, 1.54) is 23.8 Å². The van der Waals surface area contributed by atoms with Crippen LogP contribution < -0.4 is 15.6 Å². The Morgan fingerprint density at radius 1 is 1.33 bits per heavy atom. The molecule has 0 radical (unpaired) electrons. The van der Waals surface area contributed by atoms with Gasteiger partial charge in [-0.2, -0.15) is 0 Å². The number of methoxy groups -OCH3 is 1. The normalized spacial score (nSPS) is 10.5. The fraction of sp³-hybridized carbons (Fsp3) is 0.0833. The van der Waals surface area contributed by atoms with Gasteiger partial charge in [0.25, 0.3) is 11.5 Å². The van der Waals surface area contributed by atoms with E-state index in [0.717, 1.165) is 0 Å². The number of anilines is 1. The third-order valence-corrected chi connectivity index (χ3v) is 2.88. The van der Waals surface area contributed by atoms with Gasteiger partial charge < -0.3 is 4.74 Å². The summed E-state index contributed by atoms with van der Waals surface area (Å²) in [4.78, 5) is 24.4. The number of ether oxygens (including phenoxy) is 1. The molecule has 0 fully saturated rings. The lowest BCUT2D eigenvalue weighted by Gasteiger charge is -2.06. The Labute approximate surface area is 117 Å². The Kier molecular flexibility index (Phi) is 3.07. The first-order chi connectivity index (χ1) is 10.2. The molecule has 21 heavy (non-hydrogen) atoms. The van der Waals surface area contributed by atoms with E-state index >= 15 is 0 Å². The highest BCUT2D eigenvalue weighted by molar-refractivity contribution is 6.03. The monoisotopic (exact) mass is 286 g/mol. The fourth-order valence-electron chi connectivity index (χ4n) is 1.85. The highest BCUT2D eigenvalue weighted by atomic mass is 16.5. The summed E-state index contributed by atoms with van der Waals surface area (Å²) in [6, 6.07) is 6.56. The van der Waals surface area contributed by atoms with Gasteiger partial charge in [0, 0.05) is 5.52 Å². The largest absolute Gasteiger partial charge is 0.495 e. The molecule has 0 saturated carbocycles. The third kappa shape index (κ3) is 2.31. The zero-order valence-corrected chi connectivity index (χ0v) is 10.9. The Hall–Kier alpha value is -3.23. The van der Waals surface area contributed by atoms with Crippen LogP contribution in [0.5, 0.6) is 5.75 Å². The van der Waals surface area contributed by atoms with Crippen LogP contribution in [0.4, 0.5) is 5.95 Å². The van der Waals surface area contributed by atoms with E-state index < -0.39 is 11.5 Å². The maximum Gasteiger partial charge on any atom is 0.268 e. The number of carbonyl (C=O) groups is 1. The van der Waals surface area contributed by atoms with Crippen LogP contribution >= 0.6 is 0 Å². The number of hydrogen-bond donors (Lipinski definition) is 2. The first kappa shape index (κ1) is 12.8. The van der Waals surface area contributed by atoms with Crippen LogP contribution in [-0.2, 0) is 0 Å². The summed E-state index contributed by atoms with van der Waals surface area (Å²) in [5, 5.41) is 15.0. The number of pyridine rings is 2. The molecule has 0 saturated heterocycles. The molecule has 0 bridgehead atoms. The van der Waals surface area contributed by atoms with Crippen LogP contribution in [0.2, 0.25) is 0 Å². The standard InChI is InChI=1S/C12H10N6O3/c1-21-8-4-2-7-3-5-9(11(20)18(7)6-8)10(19)13-12-14-16-17-15-12/h2-6H,1H3,(H2,13,14,15,16,17,19). The first-order valence-corrected chi connectivity index (χ1v) is 5.93. The molecule has 0 unspecified atom stereocenters. The quantitative estimate of drug-likeness (QED) is 0.704. The van der Waals surface area contributed by atoms with Gasteiger partial charge in [0.05, 0.1) is 13.3 Å². The Balaban J connectivity index is 2.04. The topological polar surface area (TPSA) is 114 Å². The molecule has 3 heterocycles. The van der Waals surface area contributed by atoms with E-state index in [-0.39, 0.29) is 11.5 Å². The summed E-state index contributed by atoms with van der Waals surface area (Å²) >= 11 is 0. The second-order valence-electron chi connectivity index (χ2n) is 4.12. The number of tetrazole rings is 1. The molecule has 3 rings (SSSR count). The van der Waals surface area contributed by atoms with Gasteiger partial charge >= 0.3 is 0 Å². The average molecular weight is 286 g/mol. The molecule has 0 aromatic carbocycles. The van der Waals surface area contributed by atoms with Crippen LogP contribution in [0.25, 0.3) is 5.52 Å². The number of amides is 1. The summed E-state index contributed by atoms with van der Waals surface area (Å²) < 4.78 is 6.41. The number of rotatable bonds is 3. The van der Waals surface area contributed by atoms with Crippen molar-refractivity contribution in [2.45, 2.75) is 0 Å². The number of carbonyl (C=O) groups excluding carboxylic acids is 1. The van der Waals surface area contributed by atoms with Crippen molar-refractivity contribution in [3.63, 3.8) is 0 Å². The smallest absolute Gasteiger partial charge is 0.268 e. The van der Waals surface area contributed by atoms with Crippen molar-refractivity contribution in [3.05, 3.63) is 46.4 Å². The summed E-state index contributed by atoms with van der Waals surface area (Å²) in [6.45, 7) is 0. The van der Waals surface area contributed by atoms with Gasteiger partial charge in [-0.15, -0.1) is 0 Å². The minimum absolute atomic E-state index is 0.0304. The minimum atomic E-state index is -0.601. The van der Waals surface area contributed by atoms with Gasteiger partial charge in [-0.25, -0.2) is 5.10 Å². The zero-order valence-electron chi connectivity index (χ0n) is 10.9. The van der Waals surface area contributed by atoms with E-state index in [0.29, 0.717) is 11.3 Å². The number of aromatic nitrogens is 5. The van der Waals surface area contributed by atoms with Gasteiger partial charge in [0.2, 0.25) is 5.95 Å². The van der Waals surface area contributed by atoms with Crippen LogP contribution in [-0.4, -0.2) is 38.0 Å².